The van der Waals surface area contributed by atoms with Gasteiger partial charge in [-0.2, -0.15) is 0 Å². The maximum Gasteiger partial charge on any atom is 0.331 e. The van der Waals surface area contributed by atoms with Crippen LogP contribution in [0.15, 0.2) is 26.8 Å². The predicted octanol–water partition coefficient (Wildman–Crippen LogP) is 4.09. The van der Waals surface area contributed by atoms with Crippen molar-refractivity contribution in [1.82, 2.24) is 18.3 Å². The lowest BCUT2D eigenvalue weighted by molar-refractivity contribution is 0.277. The Bertz CT molecular complexity index is 1550. The van der Waals surface area contributed by atoms with Crippen LogP contribution in [-0.4, -0.2) is 42.2 Å². The molecule has 0 aliphatic carbocycles. The van der Waals surface area contributed by atoms with E-state index >= 15 is 0 Å². The molecule has 0 aromatic carbocycles. The van der Waals surface area contributed by atoms with Crippen LogP contribution in [0.25, 0.3) is 20.4 Å². The molecule has 14 heteroatoms. The van der Waals surface area contributed by atoms with E-state index in [-0.39, 0.29) is 43.1 Å². The van der Waals surface area contributed by atoms with Crippen molar-refractivity contribution in [2.24, 2.45) is 14.1 Å². The average molecular weight is 713 g/mol. The molecule has 0 atom stereocenters. The highest BCUT2D eigenvalue weighted by Crippen LogP contribution is 2.32. The van der Waals surface area contributed by atoms with Gasteiger partial charge in [-0.15, -0.1) is 22.7 Å². The van der Waals surface area contributed by atoms with Crippen LogP contribution < -0.4 is 22.5 Å². The van der Waals surface area contributed by atoms with Crippen LogP contribution in [0.2, 0.25) is 0 Å². The van der Waals surface area contributed by atoms with Gasteiger partial charge in [0.05, 0.1) is 18.3 Å². The molecule has 2 N–H and O–H groups in total. The standard InChI is InChI=1S/C12H15BrN2O2S.C11H13BrN2O3S.CH4O.CH4/c1-4-5-6-15-10(16)8-7(2)9(13)18-11(8)14(3)12(15)17;1-6-7-9(16)14(4-3-5-15)11(17)13(2)10(7)18-8(6)12;1-2;/h4-6H2,1-3H3;15H,3-5H2,1-2H3;2H,1H3;1H4. The minimum absolute atomic E-state index is 0. The van der Waals surface area contributed by atoms with Gasteiger partial charge in [0, 0.05) is 40.9 Å². The molecule has 4 rings (SSSR count). The summed E-state index contributed by atoms with van der Waals surface area (Å²) in [5.74, 6) is 0. The molecular weight excluding hydrogens is 676 g/mol. The Morgan fingerprint density at radius 3 is 1.44 bits per heavy atom. The zero-order chi connectivity index (χ0) is 28.9. The highest BCUT2D eigenvalue weighted by Gasteiger charge is 2.18. The number of aliphatic hydroxyl groups is 2. The van der Waals surface area contributed by atoms with Gasteiger partial charge in [-0.1, -0.05) is 20.8 Å². The van der Waals surface area contributed by atoms with E-state index in [1.807, 2.05) is 20.8 Å². The summed E-state index contributed by atoms with van der Waals surface area (Å²) in [6, 6.07) is 0. The molecule has 0 bridgehead atoms. The Hall–Kier alpha value is -1.84. The third-order valence-electron chi connectivity index (χ3n) is 5.98. The van der Waals surface area contributed by atoms with E-state index in [2.05, 4.69) is 31.9 Å². The van der Waals surface area contributed by atoms with Crippen LogP contribution in [0.1, 0.15) is 44.7 Å². The summed E-state index contributed by atoms with van der Waals surface area (Å²) in [6.45, 7) is 6.49. The van der Waals surface area contributed by atoms with Crippen LogP contribution in [0.3, 0.4) is 0 Å². The third kappa shape index (κ3) is 6.91. The number of fused-ring (bicyclic) bond motifs is 2. The van der Waals surface area contributed by atoms with Crippen molar-refractivity contribution >= 4 is 75.0 Å². The number of nitrogens with zero attached hydrogens (tertiary/aromatic N) is 4. The van der Waals surface area contributed by atoms with Gasteiger partial charge < -0.3 is 10.2 Å². The summed E-state index contributed by atoms with van der Waals surface area (Å²) < 4.78 is 7.36. The SMILES string of the molecule is C.CCCCn1c(=O)c2c(C)c(Br)sc2n(C)c1=O.CO.Cc1c(Br)sc2c1c(=O)n(CCCO)c(=O)n2C. The molecule has 0 radical (unpaired) electrons. The average Bonchev–Trinajstić information content (AvgIpc) is 3.38. The van der Waals surface area contributed by atoms with Crippen molar-refractivity contribution in [3.05, 3.63) is 60.4 Å². The molecule has 0 aliphatic rings. The maximum atomic E-state index is 12.4. The minimum atomic E-state index is -0.338. The van der Waals surface area contributed by atoms with Crippen LogP contribution in [0.5, 0.6) is 0 Å². The van der Waals surface area contributed by atoms with Crippen LogP contribution in [0.4, 0.5) is 0 Å². The Kier molecular flexibility index (Phi) is 13.7. The first kappa shape index (κ1) is 35.2. The largest absolute Gasteiger partial charge is 0.400 e. The molecule has 0 aliphatic heterocycles. The summed E-state index contributed by atoms with van der Waals surface area (Å²) in [4.78, 5) is 50.3. The van der Waals surface area contributed by atoms with E-state index in [0.29, 0.717) is 28.6 Å². The normalized spacial score (nSPS) is 10.6. The van der Waals surface area contributed by atoms with E-state index in [4.69, 9.17) is 10.2 Å². The number of hydrogen-bond donors (Lipinski definition) is 2. The summed E-state index contributed by atoms with van der Waals surface area (Å²) in [6.07, 6.45) is 2.19. The van der Waals surface area contributed by atoms with Crippen molar-refractivity contribution in [3.63, 3.8) is 0 Å². The second-order valence-electron chi connectivity index (χ2n) is 8.39. The van der Waals surface area contributed by atoms with Gasteiger partial charge >= 0.3 is 11.4 Å². The molecule has 0 fully saturated rings. The summed E-state index contributed by atoms with van der Waals surface area (Å²) in [5.41, 5.74) is 0.764. The molecule has 4 aromatic rings. The first-order chi connectivity index (χ1) is 18.0. The summed E-state index contributed by atoms with van der Waals surface area (Å²) >= 11 is 9.64. The lowest BCUT2D eigenvalue weighted by atomic mass is 10.2. The van der Waals surface area contributed by atoms with Crippen molar-refractivity contribution in [2.75, 3.05) is 13.7 Å². The predicted molar refractivity (Wildman–Crippen MR) is 169 cm³/mol. The molecule has 0 unspecified atom stereocenters. The molecule has 10 nitrogen and oxygen atoms in total. The molecular formula is C25H36Br2N4O6S2. The number of aromatic nitrogens is 4. The van der Waals surface area contributed by atoms with Crippen molar-refractivity contribution in [3.8, 4) is 0 Å². The van der Waals surface area contributed by atoms with Gasteiger partial charge in [-0.3, -0.25) is 27.9 Å². The van der Waals surface area contributed by atoms with Gasteiger partial charge in [-0.25, -0.2) is 9.59 Å². The molecule has 4 aromatic heterocycles. The zero-order valence-corrected chi connectivity index (χ0v) is 26.9. The van der Waals surface area contributed by atoms with Crippen LogP contribution in [-0.2, 0) is 27.2 Å². The van der Waals surface area contributed by atoms with Gasteiger partial charge in [0.25, 0.3) is 11.1 Å². The topological polar surface area (TPSA) is 128 Å². The number of rotatable bonds is 6. The number of halogens is 2. The lowest BCUT2D eigenvalue weighted by Crippen LogP contribution is -2.39. The van der Waals surface area contributed by atoms with Gasteiger partial charge in [0.15, 0.2) is 0 Å². The van der Waals surface area contributed by atoms with Crippen molar-refractivity contribution in [1.29, 1.82) is 0 Å². The highest BCUT2D eigenvalue weighted by atomic mass is 79.9. The third-order valence-corrected chi connectivity index (χ3v) is 10.5. The van der Waals surface area contributed by atoms with Crippen LogP contribution >= 0.6 is 54.5 Å². The smallest absolute Gasteiger partial charge is 0.331 e. The molecule has 218 valence electrons. The fourth-order valence-electron chi connectivity index (χ4n) is 3.84. The van der Waals surface area contributed by atoms with E-state index in [1.165, 1.54) is 36.4 Å². The fraction of sp³-hybridized carbons (Fsp3) is 0.520. The van der Waals surface area contributed by atoms with E-state index < -0.39 is 0 Å². The molecule has 0 amide bonds. The number of aliphatic hydroxyl groups excluding tert-OH is 2. The Labute approximate surface area is 251 Å². The fourth-order valence-corrected chi connectivity index (χ4v) is 7.12. The van der Waals surface area contributed by atoms with Gasteiger partial charge in [0.2, 0.25) is 0 Å². The Morgan fingerprint density at radius 1 is 0.744 bits per heavy atom. The van der Waals surface area contributed by atoms with Crippen molar-refractivity contribution < 1.29 is 10.2 Å². The van der Waals surface area contributed by atoms with E-state index in [9.17, 15) is 19.2 Å². The monoisotopic (exact) mass is 710 g/mol. The first-order valence-corrected chi connectivity index (χ1v) is 15.0. The number of aryl methyl sites for hydroxylation is 4. The molecule has 0 spiro atoms. The summed E-state index contributed by atoms with van der Waals surface area (Å²) in [5, 5.41) is 17.1. The maximum absolute atomic E-state index is 12.4. The molecule has 0 saturated carbocycles. The van der Waals surface area contributed by atoms with Crippen molar-refractivity contribution in [2.45, 2.75) is 60.5 Å². The second-order valence-corrected chi connectivity index (χ2v) is 13.0. The Morgan fingerprint density at radius 2 is 1.10 bits per heavy atom. The lowest BCUT2D eigenvalue weighted by Gasteiger charge is -2.07. The highest BCUT2D eigenvalue weighted by molar-refractivity contribution is 9.11. The van der Waals surface area contributed by atoms with Crippen LogP contribution in [0, 0.1) is 13.8 Å². The quantitative estimate of drug-likeness (QED) is 0.310. The second kappa shape index (κ2) is 15.2. The minimum Gasteiger partial charge on any atom is -0.400 e. The van der Waals surface area contributed by atoms with E-state index in [0.717, 1.165) is 43.5 Å². The summed E-state index contributed by atoms with van der Waals surface area (Å²) in [7, 11) is 4.37. The first-order valence-electron chi connectivity index (χ1n) is 11.8. The Balaban J connectivity index is 0.000000358. The number of thiophene rings is 2. The van der Waals surface area contributed by atoms with Gasteiger partial charge in [0.1, 0.15) is 9.66 Å². The molecule has 0 saturated heterocycles. The molecule has 4 heterocycles. The molecule has 39 heavy (non-hydrogen) atoms. The number of unbranched alkanes of at least 4 members (excludes halogenated alkanes) is 1. The van der Waals surface area contributed by atoms with Gasteiger partial charge in [-0.05, 0) is 69.7 Å². The number of hydrogen-bond acceptors (Lipinski definition) is 8. The zero-order valence-electron chi connectivity index (χ0n) is 22.1. The van der Waals surface area contributed by atoms with E-state index in [1.54, 1.807) is 18.7 Å².